The number of rotatable bonds is 2. The summed E-state index contributed by atoms with van der Waals surface area (Å²) in [4.78, 5) is 19.4. The lowest BCUT2D eigenvalue weighted by Crippen LogP contribution is -2.20. The van der Waals surface area contributed by atoms with E-state index in [0.717, 1.165) is 16.7 Å². The number of aromatic amines is 1. The first-order valence-corrected chi connectivity index (χ1v) is 6.72. The summed E-state index contributed by atoms with van der Waals surface area (Å²) in [7, 11) is 0. The van der Waals surface area contributed by atoms with Gasteiger partial charge in [-0.2, -0.15) is 0 Å². The third-order valence-corrected chi connectivity index (χ3v) is 3.36. The fraction of sp³-hybridized carbons (Fsp3) is 0.125. The van der Waals surface area contributed by atoms with Gasteiger partial charge in [0.05, 0.1) is 11.0 Å². The summed E-state index contributed by atoms with van der Waals surface area (Å²) in [5.74, 6) is 0.434. The quantitative estimate of drug-likeness (QED) is 0.667. The first-order valence-electron chi connectivity index (χ1n) is 6.72. The Labute approximate surface area is 122 Å². The number of hydrogen-bond donors (Lipinski definition) is 3. The maximum atomic E-state index is 11.9. The van der Waals surface area contributed by atoms with Crippen molar-refractivity contribution < 1.29 is 4.79 Å². The molecular formula is C16H16N4O. The number of anilines is 2. The molecular weight excluding hydrogens is 264 g/mol. The highest BCUT2D eigenvalue weighted by atomic mass is 16.2. The molecule has 0 unspecified atom stereocenters. The normalized spacial score (nSPS) is 10.6. The largest absolute Gasteiger partial charge is 0.326 e. The van der Waals surface area contributed by atoms with Crippen LogP contribution < -0.4 is 10.6 Å². The van der Waals surface area contributed by atoms with E-state index in [-0.39, 0.29) is 6.03 Å². The van der Waals surface area contributed by atoms with Crippen LogP contribution in [0, 0.1) is 13.8 Å². The number of carbonyl (C=O) groups excluding carboxylic acids is 1. The Hall–Kier alpha value is -2.82. The number of aromatic nitrogens is 2. The fourth-order valence-corrected chi connectivity index (χ4v) is 2.12. The number of para-hydroxylation sites is 1. The molecule has 5 heteroatoms. The van der Waals surface area contributed by atoms with E-state index < -0.39 is 0 Å². The molecule has 21 heavy (non-hydrogen) atoms. The van der Waals surface area contributed by atoms with Crippen molar-refractivity contribution in [1.82, 2.24) is 9.97 Å². The van der Waals surface area contributed by atoms with E-state index >= 15 is 0 Å². The molecule has 3 rings (SSSR count). The third-order valence-electron chi connectivity index (χ3n) is 3.36. The van der Waals surface area contributed by atoms with Crippen LogP contribution in [0.2, 0.25) is 0 Å². The third kappa shape index (κ3) is 2.86. The van der Waals surface area contributed by atoms with E-state index in [2.05, 4.69) is 20.6 Å². The molecule has 0 saturated heterocycles. The Morgan fingerprint density at radius 1 is 1.05 bits per heavy atom. The molecule has 1 heterocycles. The molecule has 0 aliphatic carbocycles. The summed E-state index contributed by atoms with van der Waals surface area (Å²) in [6.07, 6.45) is 0. The van der Waals surface area contributed by atoms with Gasteiger partial charge in [-0.05, 0) is 49.2 Å². The van der Waals surface area contributed by atoms with Crippen molar-refractivity contribution >= 4 is 28.7 Å². The van der Waals surface area contributed by atoms with Crippen LogP contribution >= 0.6 is 0 Å². The van der Waals surface area contributed by atoms with Crippen LogP contribution in [0.25, 0.3) is 11.0 Å². The van der Waals surface area contributed by atoms with E-state index in [4.69, 9.17) is 0 Å². The van der Waals surface area contributed by atoms with E-state index in [1.807, 2.05) is 56.3 Å². The maximum Gasteiger partial charge on any atom is 0.326 e. The second-order valence-electron chi connectivity index (χ2n) is 4.98. The van der Waals surface area contributed by atoms with Crippen molar-refractivity contribution in [2.75, 3.05) is 10.6 Å². The summed E-state index contributed by atoms with van der Waals surface area (Å²) in [6, 6.07) is 13.0. The number of urea groups is 1. The molecule has 0 radical (unpaired) electrons. The standard InChI is InChI=1S/C16H16N4O/c1-10-8-13-14(9-11(10)2)19-15(18-13)20-16(21)17-12-6-4-3-5-7-12/h3-9H,1-2H3,(H3,17,18,19,20,21). The monoisotopic (exact) mass is 280 g/mol. The van der Waals surface area contributed by atoms with Crippen molar-refractivity contribution in [3.8, 4) is 0 Å². The van der Waals surface area contributed by atoms with Gasteiger partial charge in [-0.1, -0.05) is 18.2 Å². The summed E-state index contributed by atoms with van der Waals surface area (Å²) < 4.78 is 0. The van der Waals surface area contributed by atoms with Gasteiger partial charge in [0.1, 0.15) is 0 Å². The zero-order valence-electron chi connectivity index (χ0n) is 11.9. The van der Waals surface area contributed by atoms with Crippen molar-refractivity contribution in [1.29, 1.82) is 0 Å². The molecule has 0 fully saturated rings. The Morgan fingerprint density at radius 3 is 2.52 bits per heavy atom. The van der Waals surface area contributed by atoms with Crippen LogP contribution in [0.1, 0.15) is 11.1 Å². The lowest BCUT2D eigenvalue weighted by molar-refractivity contribution is 0.262. The topological polar surface area (TPSA) is 69.8 Å². The molecule has 0 spiro atoms. The minimum Gasteiger partial charge on any atom is -0.324 e. The van der Waals surface area contributed by atoms with Crippen LogP contribution in [0.3, 0.4) is 0 Å². The zero-order valence-corrected chi connectivity index (χ0v) is 11.9. The van der Waals surface area contributed by atoms with Gasteiger partial charge in [0.25, 0.3) is 0 Å². The highest BCUT2D eigenvalue weighted by Gasteiger charge is 2.08. The maximum absolute atomic E-state index is 11.9. The van der Waals surface area contributed by atoms with Crippen LogP contribution in [0.4, 0.5) is 16.4 Å². The summed E-state index contributed by atoms with van der Waals surface area (Å²) >= 11 is 0. The second-order valence-corrected chi connectivity index (χ2v) is 4.98. The lowest BCUT2D eigenvalue weighted by Gasteiger charge is -2.04. The van der Waals surface area contributed by atoms with Crippen LogP contribution in [-0.4, -0.2) is 16.0 Å². The molecule has 0 bridgehead atoms. The smallest absolute Gasteiger partial charge is 0.324 e. The number of amides is 2. The highest BCUT2D eigenvalue weighted by Crippen LogP contribution is 2.19. The summed E-state index contributed by atoms with van der Waals surface area (Å²) in [6.45, 7) is 4.09. The number of fused-ring (bicyclic) bond motifs is 1. The van der Waals surface area contributed by atoms with Crippen LogP contribution in [0.15, 0.2) is 42.5 Å². The number of aryl methyl sites for hydroxylation is 2. The molecule has 0 saturated carbocycles. The number of hydrogen-bond acceptors (Lipinski definition) is 2. The number of nitrogens with zero attached hydrogens (tertiary/aromatic N) is 1. The Kier molecular flexibility index (Phi) is 3.31. The first-order chi connectivity index (χ1) is 10.1. The van der Waals surface area contributed by atoms with Gasteiger partial charge in [-0.15, -0.1) is 0 Å². The zero-order chi connectivity index (χ0) is 14.8. The van der Waals surface area contributed by atoms with Gasteiger partial charge in [-0.3, -0.25) is 5.32 Å². The molecule has 3 aromatic rings. The van der Waals surface area contributed by atoms with E-state index in [1.54, 1.807) is 0 Å². The Morgan fingerprint density at radius 2 is 1.76 bits per heavy atom. The highest BCUT2D eigenvalue weighted by molar-refractivity contribution is 5.99. The Balaban J connectivity index is 1.77. The van der Waals surface area contributed by atoms with Crippen LogP contribution in [0.5, 0.6) is 0 Å². The van der Waals surface area contributed by atoms with Gasteiger partial charge < -0.3 is 10.3 Å². The van der Waals surface area contributed by atoms with Gasteiger partial charge in [0.2, 0.25) is 5.95 Å². The van der Waals surface area contributed by atoms with E-state index in [9.17, 15) is 4.79 Å². The average Bonchev–Trinajstić information content (AvgIpc) is 2.81. The van der Waals surface area contributed by atoms with Crippen molar-refractivity contribution in [2.24, 2.45) is 0 Å². The van der Waals surface area contributed by atoms with Crippen molar-refractivity contribution in [2.45, 2.75) is 13.8 Å². The van der Waals surface area contributed by atoms with Gasteiger partial charge in [0.15, 0.2) is 0 Å². The molecule has 106 valence electrons. The molecule has 1 aromatic heterocycles. The Bertz CT molecular complexity index is 754. The minimum absolute atomic E-state index is 0.325. The lowest BCUT2D eigenvalue weighted by atomic mass is 10.1. The molecule has 0 aliphatic rings. The first kappa shape index (κ1) is 13.2. The number of imidazole rings is 1. The van der Waals surface area contributed by atoms with Gasteiger partial charge in [-0.25, -0.2) is 9.78 Å². The van der Waals surface area contributed by atoms with Crippen molar-refractivity contribution in [3.05, 3.63) is 53.6 Å². The predicted molar refractivity (Wildman–Crippen MR) is 84.7 cm³/mol. The second kappa shape index (κ2) is 5.28. The molecule has 2 aromatic carbocycles. The molecule has 3 N–H and O–H groups in total. The summed E-state index contributed by atoms with van der Waals surface area (Å²) in [5.41, 5.74) is 4.85. The van der Waals surface area contributed by atoms with Crippen LogP contribution in [-0.2, 0) is 0 Å². The SMILES string of the molecule is Cc1cc2nc(NC(=O)Nc3ccccc3)[nH]c2cc1C. The van der Waals surface area contributed by atoms with Crippen molar-refractivity contribution in [3.63, 3.8) is 0 Å². The summed E-state index contributed by atoms with van der Waals surface area (Å²) in [5, 5.41) is 5.45. The molecule has 5 nitrogen and oxygen atoms in total. The molecule has 0 aliphatic heterocycles. The van der Waals surface area contributed by atoms with E-state index in [0.29, 0.717) is 5.95 Å². The van der Waals surface area contributed by atoms with Gasteiger partial charge >= 0.3 is 6.03 Å². The predicted octanol–water partition coefficient (Wildman–Crippen LogP) is 3.82. The number of carbonyl (C=O) groups is 1. The average molecular weight is 280 g/mol. The number of H-pyrrole nitrogens is 1. The number of benzene rings is 2. The molecule has 2 amide bonds. The molecule has 0 atom stereocenters. The van der Waals surface area contributed by atoms with E-state index in [1.165, 1.54) is 11.1 Å². The minimum atomic E-state index is -0.325. The fourth-order valence-electron chi connectivity index (χ4n) is 2.12. The number of nitrogens with one attached hydrogen (secondary N) is 3. The van der Waals surface area contributed by atoms with Gasteiger partial charge in [0, 0.05) is 5.69 Å².